The topological polar surface area (TPSA) is 107 Å². The van der Waals surface area contributed by atoms with Crippen LogP contribution in [-0.2, 0) is 16.1 Å². The minimum Gasteiger partial charge on any atom is -0.450 e. The molecule has 0 atom stereocenters. The number of hydrogen-bond acceptors (Lipinski definition) is 6. The number of rotatable bonds is 3. The molecule has 0 bridgehead atoms. The molecule has 1 fully saturated rings. The van der Waals surface area contributed by atoms with Gasteiger partial charge in [-0.1, -0.05) is 0 Å². The number of piperazine rings is 1. The van der Waals surface area contributed by atoms with Crippen molar-refractivity contribution < 1.29 is 14.3 Å². The molecule has 2 N–H and O–H groups in total. The van der Waals surface area contributed by atoms with E-state index in [1.165, 1.54) is 11.0 Å². The van der Waals surface area contributed by atoms with Crippen molar-refractivity contribution >= 4 is 17.9 Å². The van der Waals surface area contributed by atoms with Gasteiger partial charge in [0, 0.05) is 26.2 Å². The van der Waals surface area contributed by atoms with E-state index >= 15 is 0 Å². The normalized spacial score (nSPS) is 15.2. The lowest BCUT2D eigenvalue weighted by Crippen LogP contribution is -2.51. The molecule has 0 aromatic carbocycles. The Balaban J connectivity index is 1.81. The molecule has 2 amide bonds. The van der Waals surface area contributed by atoms with Gasteiger partial charge in [-0.3, -0.25) is 4.79 Å². The summed E-state index contributed by atoms with van der Waals surface area (Å²) in [6, 6.07) is 0. The summed E-state index contributed by atoms with van der Waals surface area (Å²) in [5, 5.41) is 3.86. The Morgan fingerprint density at radius 1 is 1.30 bits per heavy atom. The molecule has 1 aliphatic heterocycles. The summed E-state index contributed by atoms with van der Waals surface area (Å²) in [7, 11) is 0. The highest BCUT2D eigenvalue weighted by molar-refractivity contribution is 5.76. The Morgan fingerprint density at radius 3 is 2.50 bits per heavy atom. The quantitative estimate of drug-likeness (QED) is 0.774. The zero-order valence-electron chi connectivity index (χ0n) is 11.4. The zero-order valence-corrected chi connectivity index (χ0v) is 11.4. The first-order chi connectivity index (χ1) is 9.60. The second kappa shape index (κ2) is 6.22. The lowest BCUT2D eigenvalue weighted by atomic mass is 10.3. The van der Waals surface area contributed by atoms with Crippen molar-refractivity contribution in [2.75, 3.05) is 38.5 Å². The number of ether oxygens (including phenoxy) is 1. The monoisotopic (exact) mass is 282 g/mol. The SMILES string of the molecule is CCOC(=O)N1CCN(C(=O)Cn2cnc(N)n2)CC1. The number of hydrogen-bond donors (Lipinski definition) is 1. The van der Waals surface area contributed by atoms with Gasteiger partial charge in [-0.05, 0) is 6.92 Å². The number of nitrogens with two attached hydrogens (primary N) is 1. The van der Waals surface area contributed by atoms with Crippen molar-refractivity contribution in [2.45, 2.75) is 13.5 Å². The fraction of sp³-hybridized carbons (Fsp3) is 0.636. The average molecular weight is 282 g/mol. The number of nitrogen functional groups attached to an aromatic ring is 1. The van der Waals surface area contributed by atoms with Gasteiger partial charge in [-0.15, -0.1) is 5.10 Å². The predicted octanol–water partition coefficient (Wildman–Crippen LogP) is -0.839. The van der Waals surface area contributed by atoms with Gasteiger partial charge in [0.05, 0.1) is 6.61 Å². The smallest absolute Gasteiger partial charge is 0.409 e. The molecular weight excluding hydrogens is 264 g/mol. The number of carbonyl (C=O) groups is 2. The third-order valence-corrected chi connectivity index (χ3v) is 3.01. The molecule has 0 unspecified atom stereocenters. The number of carbonyl (C=O) groups excluding carboxylic acids is 2. The standard InChI is InChI=1S/C11H18N6O3/c1-2-20-11(19)16-5-3-15(4-6-16)9(18)7-17-8-13-10(12)14-17/h8H,2-7H2,1H3,(H2,12,14). The van der Waals surface area contributed by atoms with E-state index in [0.29, 0.717) is 32.8 Å². The summed E-state index contributed by atoms with van der Waals surface area (Å²) in [5.74, 6) is 0.0725. The molecular formula is C11H18N6O3. The average Bonchev–Trinajstić information content (AvgIpc) is 2.84. The summed E-state index contributed by atoms with van der Waals surface area (Å²) in [5.41, 5.74) is 5.39. The number of amides is 2. The van der Waals surface area contributed by atoms with Crippen molar-refractivity contribution in [1.29, 1.82) is 0 Å². The molecule has 1 aliphatic rings. The van der Waals surface area contributed by atoms with Gasteiger partial charge in [0.25, 0.3) is 0 Å². The van der Waals surface area contributed by atoms with Gasteiger partial charge in [0.2, 0.25) is 11.9 Å². The largest absolute Gasteiger partial charge is 0.450 e. The van der Waals surface area contributed by atoms with Crippen LogP contribution < -0.4 is 5.73 Å². The first-order valence-corrected chi connectivity index (χ1v) is 6.44. The van der Waals surface area contributed by atoms with Crippen molar-refractivity contribution in [2.24, 2.45) is 0 Å². The summed E-state index contributed by atoms with van der Waals surface area (Å²) >= 11 is 0. The van der Waals surface area contributed by atoms with Gasteiger partial charge >= 0.3 is 6.09 Å². The molecule has 20 heavy (non-hydrogen) atoms. The van der Waals surface area contributed by atoms with Gasteiger partial charge in [0.1, 0.15) is 12.9 Å². The summed E-state index contributed by atoms with van der Waals surface area (Å²) in [6.07, 6.45) is 1.09. The summed E-state index contributed by atoms with van der Waals surface area (Å²) in [4.78, 5) is 30.6. The summed E-state index contributed by atoms with van der Waals surface area (Å²) < 4.78 is 6.32. The van der Waals surface area contributed by atoms with E-state index in [1.54, 1.807) is 16.7 Å². The van der Waals surface area contributed by atoms with E-state index in [0.717, 1.165) is 0 Å². The highest BCUT2D eigenvalue weighted by atomic mass is 16.6. The lowest BCUT2D eigenvalue weighted by Gasteiger charge is -2.34. The van der Waals surface area contributed by atoms with Crippen LogP contribution in [-0.4, -0.2) is 69.4 Å². The van der Waals surface area contributed by atoms with Crippen molar-refractivity contribution in [3.8, 4) is 0 Å². The van der Waals surface area contributed by atoms with Crippen LogP contribution in [0, 0.1) is 0 Å². The van der Waals surface area contributed by atoms with Crippen LogP contribution in [0.25, 0.3) is 0 Å². The second-order valence-electron chi connectivity index (χ2n) is 4.37. The van der Waals surface area contributed by atoms with Crippen LogP contribution in [0.5, 0.6) is 0 Å². The molecule has 0 spiro atoms. The van der Waals surface area contributed by atoms with Gasteiger partial charge in [0.15, 0.2) is 0 Å². The third kappa shape index (κ3) is 3.37. The number of aromatic nitrogens is 3. The van der Waals surface area contributed by atoms with Crippen LogP contribution >= 0.6 is 0 Å². The lowest BCUT2D eigenvalue weighted by molar-refractivity contribution is -0.133. The Kier molecular flexibility index (Phi) is 4.38. The van der Waals surface area contributed by atoms with E-state index in [-0.39, 0.29) is 24.5 Å². The van der Waals surface area contributed by atoms with Crippen molar-refractivity contribution in [3.05, 3.63) is 6.33 Å². The fourth-order valence-corrected chi connectivity index (χ4v) is 1.98. The molecule has 0 saturated carbocycles. The van der Waals surface area contributed by atoms with E-state index < -0.39 is 0 Å². The number of anilines is 1. The highest BCUT2D eigenvalue weighted by Crippen LogP contribution is 2.05. The Morgan fingerprint density at radius 2 is 1.95 bits per heavy atom. The first-order valence-electron chi connectivity index (χ1n) is 6.44. The summed E-state index contributed by atoms with van der Waals surface area (Å²) in [6.45, 7) is 4.15. The molecule has 110 valence electrons. The molecule has 1 aromatic rings. The maximum atomic E-state index is 12.0. The van der Waals surface area contributed by atoms with Gasteiger partial charge in [-0.25, -0.2) is 14.5 Å². The van der Waals surface area contributed by atoms with E-state index in [4.69, 9.17) is 10.5 Å². The Bertz CT molecular complexity index is 480. The predicted molar refractivity (Wildman–Crippen MR) is 69.6 cm³/mol. The van der Waals surface area contributed by atoms with Crippen LogP contribution in [0.15, 0.2) is 6.33 Å². The molecule has 9 nitrogen and oxygen atoms in total. The van der Waals surface area contributed by atoms with Crippen molar-refractivity contribution in [3.63, 3.8) is 0 Å². The Labute approximate surface area is 116 Å². The van der Waals surface area contributed by atoms with Crippen LogP contribution in [0.2, 0.25) is 0 Å². The van der Waals surface area contributed by atoms with E-state index in [9.17, 15) is 9.59 Å². The molecule has 2 heterocycles. The maximum Gasteiger partial charge on any atom is 0.409 e. The van der Waals surface area contributed by atoms with Gasteiger partial charge in [-0.2, -0.15) is 0 Å². The molecule has 1 saturated heterocycles. The van der Waals surface area contributed by atoms with Crippen LogP contribution in [0.3, 0.4) is 0 Å². The molecule has 2 rings (SSSR count). The zero-order chi connectivity index (χ0) is 14.5. The Hall–Kier alpha value is -2.32. The maximum absolute atomic E-state index is 12.0. The second-order valence-corrected chi connectivity index (χ2v) is 4.37. The minimum atomic E-state index is -0.330. The van der Waals surface area contributed by atoms with Crippen LogP contribution in [0.1, 0.15) is 6.92 Å². The molecule has 1 aromatic heterocycles. The molecule has 0 aliphatic carbocycles. The van der Waals surface area contributed by atoms with Crippen LogP contribution in [0.4, 0.5) is 10.7 Å². The van der Waals surface area contributed by atoms with E-state index in [1.807, 2.05) is 0 Å². The minimum absolute atomic E-state index is 0.0709. The highest BCUT2D eigenvalue weighted by Gasteiger charge is 2.24. The third-order valence-electron chi connectivity index (χ3n) is 3.01. The molecule has 9 heteroatoms. The number of nitrogens with zero attached hydrogens (tertiary/aromatic N) is 5. The van der Waals surface area contributed by atoms with Crippen molar-refractivity contribution in [1.82, 2.24) is 24.6 Å². The fourth-order valence-electron chi connectivity index (χ4n) is 1.98. The first kappa shape index (κ1) is 14.1. The van der Waals surface area contributed by atoms with Gasteiger partial charge < -0.3 is 20.3 Å². The van der Waals surface area contributed by atoms with E-state index in [2.05, 4.69) is 10.1 Å². The molecule has 0 radical (unpaired) electrons.